The fraction of sp³-hybridized carbons (Fsp3) is 1.00. The Labute approximate surface area is 119 Å². The molecule has 0 radical (unpaired) electrons. The number of rotatable bonds is 2. The van der Waals surface area contributed by atoms with Gasteiger partial charge in [-0.2, -0.15) is 0 Å². The number of sulfone groups is 1. The second-order valence-electron chi connectivity index (χ2n) is 7.37. The molecule has 0 bridgehead atoms. The molecule has 0 aromatic heterocycles. The SMILES string of the molecule is CC1CCC(S(=O)(=O)[C@@H]2CCC(C)C(C)C2)CC1C. The normalized spacial score (nSPS) is 45.1. The van der Waals surface area contributed by atoms with E-state index >= 15 is 0 Å². The first-order valence-corrected chi connectivity index (χ1v) is 9.66. The van der Waals surface area contributed by atoms with Crippen molar-refractivity contribution in [3.63, 3.8) is 0 Å². The first-order chi connectivity index (χ1) is 8.82. The highest BCUT2D eigenvalue weighted by Crippen LogP contribution is 2.39. The maximum atomic E-state index is 12.8. The van der Waals surface area contributed by atoms with Crippen LogP contribution in [0.3, 0.4) is 0 Å². The maximum absolute atomic E-state index is 12.8. The Morgan fingerprint density at radius 1 is 0.632 bits per heavy atom. The average Bonchev–Trinajstić information content (AvgIpc) is 2.35. The maximum Gasteiger partial charge on any atom is 0.156 e. The molecule has 0 aromatic rings. The first-order valence-electron chi connectivity index (χ1n) is 8.05. The molecule has 5 unspecified atom stereocenters. The van der Waals surface area contributed by atoms with Crippen LogP contribution in [-0.4, -0.2) is 18.9 Å². The molecule has 0 heterocycles. The Morgan fingerprint density at radius 2 is 1.00 bits per heavy atom. The van der Waals surface area contributed by atoms with Crippen LogP contribution in [0.2, 0.25) is 0 Å². The summed E-state index contributed by atoms with van der Waals surface area (Å²) in [7, 11) is -2.90. The predicted molar refractivity (Wildman–Crippen MR) is 80.9 cm³/mol. The topological polar surface area (TPSA) is 34.1 Å². The van der Waals surface area contributed by atoms with Gasteiger partial charge in [-0.3, -0.25) is 0 Å². The van der Waals surface area contributed by atoms with Crippen molar-refractivity contribution in [1.82, 2.24) is 0 Å². The van der Waals surface area contributed by atoms with Crippen LogP contribution in [0.1, 0.15) is 66.2 Å². The molecular weight excluding hydrogens is 256 g/mol. The summed E-state index contributed by atoms with van der Waals surface area (Å²) in [6.07, 6.45) is 5.75. The van der Waals surface area contributed by atoms with Crippen molar-refractivity contribution in [3.05, 3.63) is 0 Å². The molecule has 0 N–H and O–H groups in total. The van der Waals surface area contributed by atoms with Crippen molar-refractivity contribution in [2.75, 3.05) is 0 Å². The molecule has 0 spiro atoms. The van der Waals surface area contributed by atoms with Gasteiger partial charge in [0.2, 0.25) is 0 Å². The van der Waals surface area contributed by atoms with Crippen molar-refractivity contribution < 1.29 is 8.42 Å². The second-order valence-corrected chi connectivity index (χ2v) is 9.88. The molecule has 19 heavy (non-hydrogen) atoms. The standard InChI is InChI=1S/C16H30O2S/c1-11-5-7-15(9-13(11)3)19(17,18)16-8-6-12(2)14(4)10-16/h11-16H,5-10H2,1-4H3/t11?,12?,13?,14?,15-,16?/m1/s1. The molecule has 0 aliphatic heterocycles. The molecule has 2 saturated carbocycles. The summed E-state index contributed by atoms with van der Waals surface area (Å²) < 4.78 is 25.7. The number of hydrogen-bond acceptors (Lipinski definition) is 2. The van der Waals surface area contributed by atoms with Crippen LogP contribution in [-0.2, 0) is 9.84 Å². The van der Waals surface area contributed by atoms with Gasteiger partial charge in [-0.1, -0.05) is 27.7 Å². The monoisotopic (exact) mass is 286 g/mol. The van der Waals surface area contributed by atoms with Crippen LogP contribution in [0.4, 0.5) is 0 Å². The van der Waals surface area contributed by atoms with Crippen LogP contribution in [0.5, 0.6) is 0 Å². The smallest absolute Gasteiger partial charge is 0.156 e. The summed E-state index contributed by atoms with van der Waals surface area (Å²) in [5.74, 6) is 2.51. The summed E-state index contributed by atoms with van der Waals surface area (Å²) in [6.45, 7) is 8.96. The van der Waals surface area contributed by atoms with E-state index in [1.54, 1.807) is 0 Å². The fourth-order valence-electron chi connectivity index (χ4n) is 3.87. The predicted octanol–water partition coefficient (Wildman–Crippen LogP) is 4.05. The van der Waals surface area contributed by atoms with E-state index in [0.717, 1.165) is 38.5 Å². The molecule has 0 saturated heterocycles. The van der Waals surface area contributed by atoms with Crippen molar-refractivity contribution in [3.8, 4) is 0 Å². The molecule has 0 amide bonds. The van der Waals surface area contributed by atoms with Crippen molar-refractivity contribution in [1.29, 1.82) is 0 Å². The summed E-state index contributed by atoms with van der Waals surface area (Å²) in [5, 5.41) is -0.103. The van der Waals surface area contributed by atoms with Crippen molar-refractivity contribution >= 4 is 9.84 Å². The molecule has 2 rings (SSSR count). The minimum Gasteiger partial charge on any atom is -0.228 e. The minimum absolute atomic E-state index is 0.0516. The number of hydrogen-bond donors (Lipinski definition) is 0. The third kappa shape index (κ3) is 3.17. The Hall–Kier alpha value is -0.0500. The minimum atomic E-state index is -2.90. The summed E-state index contributed by atoms with van der Waals surface area (Å²) in [4.78, 5) is 0. The van der Waals surface area contributed by atoms with Crippen LogP contribution in [0.25, 0.3) is 0 Å². The molecule has 2 aliphatic carbocycles. The third-order valence-electron chi connectivity index (χ3n) is 6.03. The van der Waals surface area contributed by atoms with Gasteiger partial charge in [0.05, 0.1) is 10.5 Å². The van der Waals surface area contributed by atoms with Gasteiger partial charge < -0.3 is 0 Å². The van der Waals surface area contributed by atoms with Gasteiger partial charge in [-0.25, -0.2) is 8.42 Å². The van der Waals surface area contributed by atoms with E-state index in [4.69, 9.17) is 0 Å². The second kappa shape index (κ2) is 5.75. The fourth-order valence-corrected chi connectivity index (χ4v) is 6.48. The Balaban J connectivity index is 2.06. The highest BCUT2D eigenvalue weighted by Gasteiger charge is 2.40. The van der Waals surface area contributed by atoms with Gasteiger partial charge >= 0.3 is 0 Å². The van der Waals surface area contributed by atoms with Crippen LogP contribution in [0.15, 0.2) is 0 Å². The quantitative estimate of drug-likeness (QED) is 0.767. The van der Waals surface area contributed by atoms with E-state index < -0.39 is 9.84 Å². The third-order valence-corrected chi connectivity index (χ3v) is 8.74. The summed E-state index contributed by atoms with van der Waals surface area (Å²) in [5.41, 5.74) is 0. The van der Waals surface area contributed by atoms with Crippen LogP contribution >= 0.6 is 0 Å². The molecular formula is C16H30O2S. The molecule has 2 fully saturated rings. The first kappa shape index (κ1) is 15.3. The molecule has 2 aliphatic rings. The van der Waals surface area contributed by atoms with Gasteiger partial charge in [0.25, 0.3) is 0 Å². The molecule has 3 heteroatoms. The van der Waals surface area contributed by atoms with Gasteiger partial charge in [0.15, 0.2) is 9.84 Å². The van der Waals surface area contributed by atoms with Gasteiger partial charge in [-0.15, -0.1) is 0 Å². The average molecular weight is 286 g/mol. The van der Waals surface area contributed by atoms with Crippen molar-refractivity contribution in [2.45, 2.75) is 76.7 Å². The molecule has 6 atom stereocenters. The van der Waals surface area contributed by atoms with Crippen LogP contribution in [0, 0.1) is 23.7 Å². The Kier molecular flexibility index (Phi) is 4.64. The van der Waals surface area contributed by atoms with Crippen LogP contribution < -0.4 is 0 Å². The van der Waals surface area contributed by atoms with Gasteiger partial charge in [0.1, 0.15) is 0 Å². The Bertz CT molecular complexity index is 369. The van der Waals surface area contributed by atoms with E-state index in [2.05, 4.69) is 27.7 Å². The van der Waals surface area contributed by atoms with Gasteiger partial charge in [-0.05, 0) is 62.2 Å². The Morgan fingerprint density at radius 3 is 1.32 bits per heavy atom. The van der Waals surface area contributed by atoms with E-state index in [-0.39, 0.29) is 10.5 Å². The zero-order valence-corrected chi connectivity index (χ0v) is 13.7. The van der Waals surface area contributed by atoms with E-state index in [0.29, 0.717) is 23.7 Å². The highest BCUT2D eigenvalue weighted by atomic mass is 32.2. The zero-order chi connectivity index (χ0) is 14.2. The van der Waals surface area contributed by atoms with E-state index in [1.807, 2.05) is 0 Å². The lowest BCUT2D eigenvalue weighted by molar-refractivity contribution is 0.263. The van der Waals surface area contributed by atoms with Crippen molar-refractivity contribution in [2.24, 2.45) is 23.7 Å². The van der Waals surface area contributed by atoms with E-state index in [9.17, 15) is 8.42 Å². The largest absolute Gasteiger partial charge is 0.228 e. The van der Waals surface area contributed by atoms with E-state index in [1.165, 1.54) is 0 Å². The molecule has 0 aromatic carbocycles. The lowest BCUT2D eigenvalue weighted by atomic mass is 9.81. The lowest BCUT2D eigenvalue weighted by Crippen LogP contribution is -2.40. The highest BCUT2D eigenvalue weighted by molar-refractivity contribution is 7.92. The molecule has 112 valence electrons. The summed E-state index contributed by atoms with van der Waals surface area (Å²) in [6, 6.07) is 0. The molecule has 2 nitrogen and oxygen atoms in total. The van der Waals surface area contributed by atoms with Gasteiger partial charge in [0, 0.05) is 0 Å². The zero-order valence-electron chi connectivity index (χ0n) is 12.9. The summed E-state index contributed by atoms with van der Waals surface area (Å²) >= 11 is 0. The lowest BCUT2D eigenvalue weighted by Gasteiger charge is -2.37.